The Balaban J connectivity index is 2.37. The number of hydrogen-bond acceptors (Lipinski definition) is 3. The second-order valence-corrected chi connectivity index (χ2v) is 4.77. The van der Waals surface area contributed by atoms with Crippen molar-refractivity contribution in [2.24, 2.45) is 0 Å². The van der Waals surface area contributed by atoms with Gasteiger partial charge in [-0.1, -0.05) is 24.6 Å². The molecule has 0 aliphatic carbocycles. The maximum Gasteiger partial charge on any atom is 0.125 e. The Morgan fingerprint density at radius 3 is 2.84 bits per heavy atom. The van der Waals surface area contributed by atoms with Gasteiger partial charge in [0.15, 0.2) is 0 Å². The molecule has 0 saturated carbocycles. The van der Waals surface area contributed by atoms with Crippen LogP contribution in [0.15, 0.2) is 41.2 Å². The van der Waals surface area contributed by atoms with Gasteiger partial charge in [-0.15, -0.1) is 0 Å². The summed E-state index contributed by atoms with van der Waals surface area (Å²) in [5.41, 5.74) is 2.14. The van der Waals surface area contributed by atoms with Gasteiger partial charge in [0.25, 0.3) is 0 Å². The highest BCUT2D eigenvalue weighted by molar-refractivity contribution is 6.30. The number of nitrogens with one attached hydrogen (secondary N) is 1. The average molecular weight is 280 g/mol. The third kappa shape index (κ3) is 3.31. The fourth-order valence-electron chi connectivity index (χ4n) is 2.06. The molecule has 2 rings (SSSR count). The molecule has 19 heavy (non-hydrogen) atoms. The number of halogens is 1. The van der Waals surface area contributed by atoms with Crippen molar-refractivity contribution in [2.75, 3.05) is 13.7 Å². The predicted octanol–water partition coefficient (Wildman–Crippen LogP) is 4.03. The highest BCUT2D eigenvalue weighted by Gasteiger charge is 2.18. The third-order valence-corrected chi connectivity index (χ3v) is 3.22. The molecule has 0 aliphatic rings. The van der Waals surface area contributed by atoms with Gasteiger partial charge in [-0.3, -0.25) is 0 Å². The van der Waals surface area contributed by atoms with Crippen LogP contribution in [0.1, 0.15) is 30.5 Å². The van der Waals surface area contributed by atoms with Crippen molar-refractivity contribution in [3.8, 4) is 5.75 Å². The zero-order valence-corrected chi connectivity index (χ0v) is 11.9. The molecule has 0 bridgehead atoms. The van der Waals surface area contributed by atoms with Gasteiger partial charge in [0.2, 0.25) is 0 Å². The molecule has 3 nitrogen and oxygen atoms in total. The smallest absolute Gasteiger partial charge is 0.125 e. The molecule has 1 aromatic heterocycles. The molecule has 1 unspecified atom stereocenters. The predicted molar refractivity (Wildman–Crippen MR) is 76.8 cm³/mol. The minimum atomic E-state index is 0.0471. The fraction of sp³-hybridized carbons (Fsp3) is 0.333. The van der Waals surface area contributed by atoms with Crippen LogP contribution in [0.5, 0.6) is 5.75 Å². The highest BCUT2D eigenvalue weighted by Crippen LogP contribution is 2.32. The Labute approximate surface area is 118 Å². The van der Waals surface area contributed by atoms with Crippen LogP contribution in [0.3, 0.4) is 0 Å². The van der Waals surface area contributed by atoms with Crippen molar-refractivity contribution >= 4 is 11.6 Å². The molecule has 0 aliphatic heterocycles. The van der Waals surface area contributed by atoms with Gasteiger partial charge < -0.3 is 14.5 Å². The molecule has 1 aromatic carbocycles. The van der Waals surface area contributed by atoms with Crippen LogP contribution in [0.2, 0.25) is 5.02 Å². The van der Waals surface area contributed by atoms with Crippen LogP contribution in [-0.2, 0) is 0 Å². The van der Waals surface area contributed by atoms with Crippen molar-refractivity contribution in [1.29, 1.82) is 0 Å². The second kappa shape index (κ2) is 6.64. The van der Waals surface area contributed by atoms with E-state index in [1.165, 1.54) is 0 Å². The summed E-state index contributed by atoms with van der Waals surface area (Å²) >= 11 is 6.01. The molecule has 2 aromatic rings. The Bertz CT molecular complexity index is 511. The summed E-state index contributed by atoms with van der Waals surface area (Å²) in [6, 6.07) is 7.70. The summed E-state index contributed by atoms with van der Waals surface area (Å²) in [5, 5.41) is 4.17. The van der Waals surface area contributed by atoms with E-state index >= 15 is 0 Å². The first-order chi connectivity index (χ1) is 9.26. The Kier molecular flexibility index (Phi) is 4.88. The quantitative estimate of drug-likeness (QED) is 0.867. The molecule has 1 atom stereocenters. The van der Waals surface area contributed by atoms with Gasteiger partial charge in [0.05, 0.1) is 25.7 Å². The fourth-order valence-corrected chi connectivity index (χ4v) is 2.22. The normalized spacial score (nSPS) is 12.4. The molecule has 102 valence electrons. The van der Waals surface area contributed by atoms with E-state index in [4.69, 9.17) is 20.8 Å². The lowest BCUT2D eigenvalue weighted by Crippen LogP contribution is -2.23. The standard InChI is InChI=1S/C15H18ClNO2/c1-3-7-17-15(11-6-8-19-10-11)13-5-4-12(16)9-14(13)18-2/h4-6,8-10,15,17H,3,7H2,1-2H3. The molecule has 0 saturated heterocycles. The molecule has 1 N–H and O–H groups in total. The number of methoxy groups -OCH3 is 1. The Hall–Kier alpha value is -1.45. The summed E-state index contributed by atoms with van der Waals surface area (Å²) in [6.07, 6.45) is 4.49. The average Bonchev–Trinajstić information content (AvgIpc) is 2.94. The minimum Gasteiger partial charge on any atom is -0.496 e. The Morgan fingerprint density at radius 1 is 1.37 bits per heavy atom. The Morgan fingerprint density at radius 2 is 2.21 bits per heavy atom. The summed E-state index contributed by atoms with van der Waals surface area (Å²) in [4.78, 5) is 0. The number of ether oxygens (including phenoxy) is 1. The minimum absolute atomic E-state index is 0.0471. The van der Waals surface area contributed by atoms with E-state index < -0.39 is 0 Å². The van der Waals surface area contributed by atoms with E-state index in [1.54, 1.807) is 19.6 Å². The van der Waals surface area contributed by atoms with Crippen molar-refractivity contribution in [2.45, 2.75) is 19.4 Å². The maximum absolute atomic E-state index is 6.01. The lowest BCUT2D eigenvalue weighted by Gasteiger charge is -2.20. The summed E-state index contributed by atoms with van der Waals surface area (Å²) < 4.78 is 10.6. The third-order valence-electron chi connectivity index (χ3n) is 2.98. The second-order valence-electron chi connectivity index (χ2n) is 4.33. The van der Waals surface area contributed by atoms with E-state index in [2.05, 4.69) is 12.2 Å². The monoisotopic (exact) mass is 279 g/mol. The molecule has 0 radical (unpaired) electrons. The van der Waals surface area contributed by atoms with Crippen LogP contribution in [-0.4, -0.2) is 13.7 Å². The number of furan rings is 1. The van der Waals surface area contributed by atoms with E-state index in [-0.39, 0.29) is 6.04 Å². The van der Waals surface area contributed by atoms with Gasteiger partial charge >= 0.3 is 0 Å². The van der Waals surface area contributed by atoms with E-state index in [9.17, 15) is 0 Å². The van der Waals surface area contributed by atoms with Crippen LogP contribution in [0.4, 0.5) is 0 Å². The van der Waals surface area contributed by atoms with E-state index in [0.29, 0.717) is 5.02 Å². The molecule has 1 heterocycles. The topological polar surface area (TPSA) is 34.4 Å². The van der Waals surface area contributed by atoms with Gasteiger partial charge in [0, 0.05) is 16.1 Å². The molecular formula is C15H18ClNO2. The number of benzene rings is 1. The van der Waals surface area contributed by atoms with Crippen molar-refractivity contribution in [3.63, 3.8) is 0 Å². The van der Waals surface area contributed by atoms with Crippen molar-refractivity contribution in [1.82, 2.24) is 5.32 Å². The molecule has 0 spiro atoms. The van der Waals surface area contributed by atoms with Crippen LogP contribution >= 0.6 is 11.6 Å². The summed E-state index contributed by atoms with van der Waals surface area (Å²) in [7, 11) is 1.65. The lowest BCUT2D eigenvalue weighted by molar-refractivity contribution is 0.403. The van der Waals surface area contributed by atoms with Gasteiger partial charge in [-0.2, -0.15) is 0 Å². The number of hydrogen-bond donors (Lipinski definition) is 1. The van der Waals surface area contributed by atoms with E-state index in [0.717, 1.165) is 29.8 Å². The SMILES string of the molecule is CCCNC(c1ccoc1)c1ccc(Cl)cc1OC. The molecule has 0 fully saturated rings. The van der Waals surface area contributed by atoms with Gasteiger partial charge in [-0.25, -0.2) is 0 Å². The first kappa shape index (κ1) is 14.0. The first-order valence-electron chi connectivity index (χ1n) is 6.35. The van der Waals surface area contributed by atoms with Crippen LogP contribution < -0.4 is 10.1 Å². The van der Waals surface area contributed by atoms with Crippen LogP contribution in [0, 0.1) is 0 Å². The first-order valence-corrected chi connectivity index (χ1v) is 6.73. The number of rotatable bonds is 6. The van der Waals surface area contributed by atoms with Crippen molar-refractivity contribution < 1.29 is 9.15 Å². The van der Waals surface area contributed by atoms with Crippen molar-refractivity contribution in [3.05, 3.63) is 52.9 Å². The van der Waals surface area contributed by atoms with Crippen LogP contribution in [0.25, 0.3) is 0 Å². The maximum atomic E-state index is 6.01. The molecular weight excluding hydrogens is 262 g/mol. The molecule has 0 amide bonds. The molecule has 4 heteroatoms. The zero-order valence-electron chi connectivity index (χ0n) is 11.2. The zero-order chi connectivity index (χ0) is 13.7. The summed E-state index contributed by atoms with van der Waals surface area (Å²) in [5.74, 6) is 0.780. The van der Waals surface area contributed by atoms with E-state index in [1.807, 2.05) is 24.3 Å². The van der Waals surface area contributed by atoms with Gasteiger partial charge in [-0.05, 0) is 31.2 Å². The summed E-state index contributed by atoms with van der Waals surface area (Å²) in [6.45, 7) is 3.06. The largest absolute Gasteiger partial charge is 0.496 e. The van der Waals surface area contributed by atoms with Gasteiger partial charge in [0.1, 0.15) is 5.75 Å². The lowest BCUT2D eigenvalue weighted by atomic mass is 10.00. The highest BCUT2D eigenvalue weighted by atomic mass is 35.5.